The largest absolute Gasteiger partial charge is 0.212 e. The van der Waals surface area contributed by atoms with Crippen molar-refractivity contribution in [1.82, 2.24) is 4.72 Å². The van der Waals surface area contributed by atoms with Gasteiger partial charge in [-0.2, -0.15) is 0 Å². The Kier molecular flexibility index (Phi) is 5.49. The van der Waals surface area contributed by atoms with Gasteiger partial charge in [0.05, 0.1) is 5.75 Å². The predicted molar refractivity (Wildman–Crippen MR) is 73.7 cm³/mol. The van der Waals surface area contributed by atoms with E-state index in [0.29, 0.717) is 11.8 Å². The molecule has 0 aliphatic carbocycles. The third-order valence-electron chi connectivity index (χ3n) is 2.17. The lowest BCUT2D eigenvalue weighted by Crippen LogP contribution is -2.24. The van der Waals surface area contributed by atoms with Crippen LogP contribution < -0.4 is 4.72 Å². The van der Waals surface area contributed by atoms with Gasteiger partial charge in [0, 0.05) is 16.7 Å². The van der Waals surface area contributed by atoms with Crippen LogP contribution in [0.5, 0.6) is 0 Å². The molecule has 5 heteroatoms. The van der Waals surface area contributed by atoms with Crippen molar-refractivity contribution in [2.75, 3.05) is 5.75 Å². The number of hydrogen-bond acceptors (Lipinski definition) is 3. The van der Waals surface area contributed by atoms with Gasteiger partial charge in [0.1, 0.15) is 0 Å². The van der Waals surface area contributed by atoms with Crippen molar-refractivity contribution in [3.8, 4) is 0 Å². The summed E-state index contributed by atoms with van der Waals surface area (Å²) in [4.78, 5) is 1.21. The second-order valence-corrected chi connectivity index (χ2v) is 7.78. The van der Waals surface area contributed by atoms with Crippen molar-refractivity contribution < 1.29 is 8.42 Å². The van der Waals surface area contributed by atoms with Crippen LogP contribution in [0.4, 0.5) is 0 Å². The normalized spacial score (nSPS) is 12.0. The minimum absolute atomic E-state index is 0.119. The Morgan fingerprint density at radius 3 is 2.29 bits per heavy atom. The summed E-state index contributed by atoms with van der Waals surface area (Å²) in [5.74, 6) is 0.119. The molecule has 0 radical (unpaired) electrons. The first kappa shape index (κ1) is 14.5. The van der Waals surface area contributed by atoms with Gasteiger partial charge in [-0.25, -0.2) is 13.1 Å². The van der Waals surface area contributed by atoms with Crippen LogP contribution in [0, 0.1) is 0 Å². The van der Waals surface area contributed by atoms with Crippen LogP contribution in [-0.2, 0) is 16.6 Å². The number of sulfonamides is 1. The van der Waals surface area contributed by atoms with Gasteiger partial charge in [-0.1, -0.05) is 26.0 Å². The molecule has 1 rings (SSSR count). The molecule has 0 spiro atoms. The fourth-order valence-corrected chi connectivity index (χ4v) is 2.68. The maximum Gasteiger partial charge on any atom is 0.211 e. The van der Waals surface area contributed by atoms with E-state index in [1.807, 2.05) is 24.3 Å². The number of hydrogen-bond donors (Lipinski definition) is 1. The van der Waals surface area contributed by atoms with Crippen LogP contribution in [0.1, 0.15) is 26.3 Å². The first-order chi connectivity index (χ1) is 7.93. The van der Waals surface area contributed by atoms with E-state index < -0.39 is 10.0 Å². The summed E-state index contributed by atoms with van der Waals surface area (Å²) >= 11 is 1.80. The Morgan fingerprint density at radius 2 is 1.82 bits per heavy atom. The molecule has 0 aromatic heterocycles. The zero-order chi connectivity index (χ0) is 12.9. The van der Waals surface area contributed by atoms with E-state index in [4.69, 9.17) is 0 Å². The highest BCUT2D eigenvalue weighted by molar-refractivity contribution is 7.99. The van der Waals surface area contributed by atoms with Crippen LogP contribution in [0.2, 0.25) is 0 Å². The van der Waals surface area contributed by atoms with Gasteiger partial charge < -0.3 is 0 Å². The Balaban J connectivity index is 2.57. The molecular formula is C12H19NO2S2. The standard InChI is InChI=1S/C12H19NO2S2/c1-4-17(14,15)13-9-11-5-7-12(8-6-11)16-10(2)3/h5-8,10,13H,4,9H2,1-3H3. The van der Waals surface area contributed by atoms with E-state index in [-0.39, 0.29) is 5.75 Å². The third-order valence-corrected chi connectivity index (χ3v) is 4.53. The van der Waals surface area contributed by atoms with Crippen LogP contribution in [0.3, 0.4) is 0 Å². The maximum absolute atomic E-state index is 11.3. The van der Waals surface area contributed by atoms with Crippen molar-refractivity contribution in [2.24, 2.45) is 0 Å². The van der Waals surface area contributed by atoms with Gasteiger partial charge in [-0.15, -0.1) is 11.8 Å². The highest BCUT2D eigenvalue weighted by Gasteiger charge is 2.05. The Hall–Kier alpha value is -0.520. The molecule has 0 saturated carbocycles. The van der Waals surface area contributed by atoms with E-state index in [9.17, 15) is 8.42 Å². The fraction of sp³-hybridized carbons (Fsp3) is 0.500. The zero-order valence-corrected chi connectivity index (χ0v) is 12.1. The molecule has 1 aromatic carbocycles. The quantitative estimate of drug-likeness (QED) is 0.810. The number of nitrogens with one attached hydrogen (secondary N) is 1. The van der Waals surface area contributed by atoms with E-state index >= 15 is 0 Å². The highest BCUT2D eigenvalue weighted by Crippen LogP contribution is 2.22. The molecule has 0 aliphatic rings. The van der Waals surface area contributed by atoms with Gasteiger partial charge in [-0.3, -0.25) is 0 Å². The van der Waals surface area contributed by atoms with Crippen LogP contribution in [0.25, 0.3) is 0 Å². The number of benzene rings is 1. The minimum Gasteiger partial charge on any atom is -0.212 e. The molecule has 3 nitrogen and oxygen atoms in total. The molecule has 1 N–H and O–H groups in total. The first-order valence-corrected chi connectivity index (χ1v) is 8.19. The molecule has 1 aromatic rings. The summed E-state index contributed by atoms with van der Waals surface area (Å²) in [6.07, 6.45) is 0. The Bertz CT molecular complexity index is 438. The van der Waals surface area contributed by atoms with Crippen molar-refractivity contribution in [3.05, 3.63) is 29.8 Å². The topological polar surface area (TPSA) is 46.2 Å². The molecule has 0 bridgehead atoms. The average Bonchev–Trinajstić information content (AvgIpc) is 2.28. The first-order valence-electron chi connectivity index (χ1n) is 5.66. The SMILES string of the molecule is CCS(=O)(=O)NCc1ccc(SC(C)C)cc1. The molecule has 0 fully saturated rings. The summed E-state index contributed by atoms with van der Waals surface area (Å²) < 4.78 is 25.1. The highest BCUT2D eigenvalue weighted by atomic mass is 32.2. The van der Waals surface area contributed by atoms with Crippen molar-refractivity contribution >= 4 is 21.8 Å². The summed E-state index contributed by atoms with van der Waals surface area (Å²) in [5, 5.41) is 0.555. The van der Waals surface area contributed by atoms with Crippen molar-refractivity contribution in [1.29, 1.82) is 0 Å². The van der Waals surface area contributed by atoms with Gasteiger partial charge >= 0.3 is 0 Å². The van der Waals surface area contributed by atoms with E-state index in [1.54, 1.807) is 18.7 Å². The smallest absolute Gasteiger partial charge is 0.211 e. The Morgan fingerprint density at radius 1 is 1.24 bits per heavy atom. The van der Waals surface area contributed by atoms with Crippen molar-refractivity contribution in [3.63, 3.8) is 0 Å². The third kappa shape index (κ3) is 5.57. The lowest BCUT2D eigenvalue weighted by molar-refractivity contribution is 0.582. The predicted octanol–water partition coefficient (Wildman–Crippen LogP) is 2.63. The van der Waals surface area contributed by atoms with E-state index in [0.717, 1.165) is 5.56 Å². The van der Waals surface area contributed by atoms with E-state index in [1.165, 1.54) is 4.90 Å². The maximum atomic E-state index is 11.3. The molecule has 0 heterocycles. The minimum atomic E-state index is -3.10. The summed E-state index contributed by atoms with van der Waals surface area (Å²) in [6.45, 7) is 6.29. The molecule has 0 aliphatic heterocycles. The summed E-state index contributed by atoms with van der Waals surface area (Å²) in [6, 6.07) is 7.98. The number of rotatable bonds is 6. The second-order valence-electron chi connectivity index (χ2n) is 4.04. The summed E-state index contributed by atoms with van der Waals surface area (Å²) in [5.41, 5.74) is 0.982. The lowest BCUT2D eigenvalue weighted by atomic mass is 10.2. The molecule has 0 unspecified atom stereocenters. The fourth-order valence-electron chi connectivity index (χ4n) is 1.25. The zero-order valence-electron chi connectivity index (χ0n) is 10.4. The van der Waals surface area contributed by atoms with Gasteiger partial charge in [0.25, 0.3) is 0 Å². The van der Waals surface area contributed by atoms with Gasteiger partial charge in [0.15, 0.2) is 0 Å². The van der Waals surface area contributed by atoms with Gasteiger partial charge in [0.2, 0.25) is 10.0 Å². The molecule has 0 atom stereocenters. The average molecular weight is 273 g/mol. The van der Waals surface area contributed by atoms with Crippen LogP contribution in [0.15, 0.2) is 29.2 Å². The molecular weight excluding hydrogens is 254 g/mol. The molecule has 0 saturated heterocycles. The van der Waals surface area contributed by atoms with Crippen molar-refractivity contribution in [2.45, 2.75) is 37.5 Å². The molecule has 96 valence electrons. The molecule has 0 amide bonds. The van der Waals surface area contributed by atoms with Crippen LogP contribution in [-0.4, -0.2) is 19.4 Å². The van der Waals surface area contributed by atoms with Gasteiger partial charge in [-0.05, 0) is 24.6 Å². The van der Waals surface area contributed by atoms with Crippen LogP contribution >= 0.6 is 11.8 Å². The lowest BCUT2D eigenvalue weighted by Gasteiger charge is -2.07. The second kappa shape index (κ2) is 6.42. The molecule has 17 heavy (non-hydrogen) atoms. The summed E-state index contributed by atoms with van der Waals surface area (Å²) in [7, 11) is -3.10. The monoisotopic (exact) mass is 273 g/mol. The van der Waals surface area contributed by atoms with E-state index in [2.05, 4.69) is 18.6 Å². The number of thioether (sulfide) groups is 1. The Labute approximate surface area is 108 Å².